The molecule has 0 spiro atoms. The maximum absolute atomic E-state index is 13.2. The standard InChI is InChI=1S/C33H23N5O3.C25H18N4O4.C8H7N/c1-4-22-10-7-13-26(16-22)34-31(39)25-19-29(37-32(40)35-27-14-8-11-23(5-2)17-27)21-30(20-25)38-33(41)36-28-15-9-12-24(6-3)18-28;1-3-16-7-5-9-19(11-16)26-24(32)28-21-13-18(23(30)31)14-22(15-21)29-25(33)27-20-10-6-8-17(4-2)12-20;1-2-7-4-3-5-8(9)6-7/h1-3,7-21H,(H,34,39)(H2,35,37,40)(H2,36,38,41);1-2,5-15H,(H,30,31)(H2,26,28,32)(H2,27,29,33);1,3-6H,9H2. The first-order valence-corrected chi connectivity index (χ1v) is 24.4. The summed E-state index contributed by atoms with van der Waals surface area (Å²) in [5.74, 6) is 13.2. The van der Waals surface area contributed by atoms with Gasteiger partial charge in [0.2, 0.25) is 0 Å². The van der Waals surface area contributed by atoms with Crippen molar-refractivity contribution in [1.29, 1.82) is 0 Å². The average Bonchev–Trinajstić information content (AvgIpc) is 3.63. The number of terminal acetylenes is 6. The number of carboxylic acids is 1. The van der Waals surface area contributed by atoms with Crippen molar-refractivity contribution in [3.8, 4) is 74.1 Å². The van der Waals surface area contributed by atoms with E-state index in [1.54, 1.807) is 133 Å². The van der Waals surface area contributed by atoms with Crippen molar-refractivity contribution in [2.24, 2.45) is 0 Å². The largest absolute Gasteiger partial charge is 0.478 e. The van der Waals surface area contributed by atoms with E-state index >= 15 is 0 Å². The number of nitrogens with one attached hydrogen (secondary N) is 9. The number of hydrogen-bond donors (Lipinski definition) is 11. The Labute approximate surface area is 478 Å². The normalized spacial score (nSPS) is 9.52. The van der Waals surface area contributed by atoms with Gasteiger partial charge in [-0.25, -0.2) is 24.0 Å². The Hall–Kier alpha value is -13.1. The van der Waals surface area contributed by atoms with Gasteiger partial charge in [0, 0.05) is 95.8 Å². The van der Waals surface area contributed by atoms with Crippen molar-refractivity contribution in [3.63, 3.8) is 0 Å². The van der Waals surface area contributed by atoms with Gasteiger partial charge in [0.15, 0.2) is 0 Å². The van der Waals surface area contributed by atoms with E-state index in [1.165, 1.54) is 36.4 Å². The first-order chi connectivity index (χ1) is 40.0. The number of amides is 9. The smallest absolute Gasteiger partial charge is 0.335 e. The number of benzene rings is 8. The summed E-state index contributed by atoms with van der Waals surface area (Å²) >= 11 is 0. The number of rotatable bonds is 11. The van der Waals surface area contributed by atoms with Gasteiger partial charge in [0.1, 0.15) is 0 Å². The zero-order valence-electron chi connectivity index (χ0n) is 43.8. The SMILES string of the molecule is C#Cc1cccc(N)c1.C#Cc1cccc(NC(=O)Nc2cc(NC(=O)Nc3cccc(C#C)c3)cc(C(=O)Nc3cccc(C#C)c3)c2)c1.C#Cc1cccc(NC(=O)Nc2cc(NC(=O)Nc3cccc(C#C)c3)cc(C(=O)O)c2)c1. The van der Waals surface area contributed by atoms with Crippen LogP contribution in [0.15, 0.2) is 182 Å². The molecule has 0 atom stereocenters. The highest BCUT2D eigenvalue weighted by atomic mass is 16.4. The fourth-order valence-corrected chi connectivity index (χ4v) is 7.24. The van der Waals surface area contributed by atoms with Gasteiger partial charge in [0.05, 0.1) is 5.56 Å². The average molecular weight is 1090 g/mol. The third-order valence-corrected chi connectivity index (χ3v) is 10.9. The number of carbonyl (C=O) groups excluding carboxylic acids is 5. The number of urea groups is 4. The molecule has 0 aliphatic carbocycles. The molecular formula is C66H48N10O7. The molecule has 12 N–H and O–H groups in total. The van der Waals surface area contributed by atoms with Crippen LogP contribution in [0.5, 0.6) is 0 Å². The molecule has 0 heterocycles. The number of nitrogens with two attached hydrogens (primary N) is 1. The molecule has 0 aromatic heterocycles. The van der Waals surface area contributed by atoms with Crippen LogP contribution in [-0.2, 0) is 0 Å². The predicted molar refractivity (Wildman–Crippen MR) is 329 cm³/mol. The minimum Gasteiger partial charge on any atom is -0.478 e. The summed E-state index contributed by atoms with van der Waals surface area (Å²) in [6.45, 7) is 0. The predicted octanol–water partition coefficient (Wildman–Crippen LogP) is 12.1. The highest BCUT2D eigenvalue weighted by molar-refractivity contribution is 6.09. The van der Waals surface area contributed by atoms with Gasteiger partial charge in [-0.3, -0.25) is 4.79 Å². The lowest BCUT2D eigenvalue weighted by atomic mass is 10.1. The highest BCUT2D eigenvalue weighted by Crippen LogP contribution is 2.24. The number of carbonyl (C=O) groups is 6. The molecule has 0 bridgehead atoms. The number of anilines is 10. The molecule has 17 nitrogen and oxygen atoms in total. The van der Waals surface area contributed by atoms with Crippen LogP contribution < -0.4 is 53.6 Å². The Bertz CT molecular complexity index is 3870. The van der Waals surface area contributed by atoms with E-state index in [0.29, 0.717) is 61.9 Å². The van der Waals surface area contributed by atoms with E-state index in [9.17, 15) is 33.9 Å². The summed E-state index contributed by atoms with van der Waals surface area (Å²) in [6, 6.07) is 46.9. The minimum atomic E-state index is -1.23. The number of hydrogen-bond acceptors (Lipinski definition) is 7. The first kappa shape index (κ1) is 59.2. The molecule has 0 radical (unpaired) electrons. The van der Waals surface area contributed by atoms with Crippen LogP contribution in [0.3, 0.4) is 0 Å². The molecule has 404 valence electrons. The number of aromatic carboxylic acids is 1. The monoisotopic (exact) mass is 1090 g/mol. The summed E-state index contributed by atoms with van der Waals surface area (Å²) in [7, 11) is 0. The van der Waals surface area contributed by atoms with Crippen molar-refractivity contribution in [1.82, 2.24) is 0 Å². The van der Waals surface area contributed by atoms with Crippen LogP contribution in [0, 0.1) is 74.1 Å². The maximum atomic E-state index is 13.2. The van der Waals surface area contributed by atoms with Crippen molar-refractivity contribution >= 4 is 92.9 Å². The molecule has 83 heavy (non-hydrogen) atoms. The third-order valence-electron chi connectivity index (χ3n) is 10.9. The van der Waals surface area contributed by atoms with Gasteiger partial charge in [-0.05, 0) is 146 Å². The lowest BCUT2D eigenvalue weighted by Gasteiger charge is -2.14. The second-order valence-corrected chi connectivity index (χ2v) is 17.1. The van der Waals surface area contributed by atoms with Gasteiger partial charge in [-0.2, -0.15) is 0 Å². The molecular weight excluding hydrogens is 1040 g/mol. The Balaban J connectivity index is 0.000000235. The van der Waals surface area contributed by atoms with E-state index in [-0.39, 0.29) is 33.9 Å². The quantitative estimate of drug-likeness (QED) is 0.0437. The fraction of sp³-hybridized carbons (Fsp3) is 0. The van der Waals surface area contributed by atoms with Crippen LogP contribution >= 0.6 is 0 Å². The van der Waals surface area contributed by atoms with E-state index in [4.69, 9.17) is 44.3 Å². The second kappa shape index (κ2) is 29.5. The zero-order chi connectivity index (χ0) is 59.7. The van der Waals surface area contributed by atoms with Gasteiger partial charge in [0.25, 0.3) is 5.91 Å². The van der Waals surface area contributed by atoms with Crippen molar-refractivity contribution < 1.29 is 33.9 Å². The van der Waals surface area contributed by atoms with Gasteiger partial charge in [-0.1, -0.05) is 71.9 Å². The third kappa shape index (κ3) is 19.2. The number of nitrogen functional groups attached to an aromatic ring is 1. The van der Waals surface area contributed by atoms with Crippen LogP contribution in [-0.4, -0.2) is 41.1 Å². The van der Waals surface area contributed by atoms with Gasteiger partial charge >= 0.3 is 30.1 Å². The van der Waals surface area contributed by atoms with Gasteiger partial charge in [-0.15, -0.1) is 38.5 Å². The Morgan fingerprint density at radius 3 is 0.795 bits per heavy atom. The van der Waals surface area contributed by atoms with Crippen molar-refractivity contribution in [2.45, 2.75) is 0 Å². The van der Waals surface area contributed by atoms with E-state index < -0.39 is 36.0 Å². The zero-order valence-corrected chi connectivity index (χ0v) is 43.8. The Morgan fingerprint density at radius 2 is 0.542 bits per heavy atom. The molecule has 17 heteroatoms. The maximum Gasteiger partial charge on any atom is 0.335 e. The lowest BCUT2D eigenvalue weighted by molar-refractivity contribution is 0.0696. The first-order valence-electron chi connectivity index (χ1n) is 24.4. The molecule has 0 saturated heterocycles. The van der Waals surface area contributed by atoms with Gasteiger partial charge < -0.3 is 58.7 Å². The molecule has 0 aliphatic heterocycles. The van der Waals surface area contributed by atoms with Crippen molar-refractivity contribution in [3.05, 3.63) is 226 Å². The molecule has 0 fully saturated rings. The Kier molecular flexibility index (Phi) is 21.0. The van der Waals surface area contributed by atoms with Crippen LogP contribution in [0.2, 0.25) is 0 Å². The second-order valence-electron chi connectivity index (χ2n) is 17.1. The van der Waals surface area contributed by atoms with E-state index in [1.807, 2.05) is 12.1 Å². The summed E-state index contributed by atoms with van der Waals surface area (Å²) in [4.78, 5) is 74.9. The summed E-state index contributed by atoms with van der Waals surface area (Å²) in [5, 5.41) is 33.2. The van der Waals surface area contributed by atoms with Crippen LogP contribution in [0.4, 0.5) is 76.1 Å². The van der Waals surface area contributed by atoms with Crippen molar-refractivity contribution in [2.75, 3.05) is 53.6 Å². The van der Waals surface area contributed by atoms with E-state index in [2.05, 4.69) is 83.4 Å². The molecule has 8 rings (SSSR count). The molecule has 8 aromatic carbocycles. The molecule has 8 aromatic rings. The summed E-state index contributed by atoms with van der Waals surface area (Å²) in [6.07, 6.45) is 32.2. The number of carboxylic acid groups (broad SMARTS) is 1. The topological polar surface area (TPSA) is 257 Å². The fourth-order valence-electron chi connectivity index (χ4n) is 7.24. The molecule has 9 amide bonds. The van der Waals surface area contributed by atoms with Crippen LogP contribution in [0.25, 0.3) is 0 Å². The van der Waals surface area contributed by atoms with Crippen LogP contribution in [0.1, 0.15) is 54.1 Å². The molecule has 0 aliphatic rings. The summed E-state index contributed by atoms with van der Waals surface area (Å²) in [5.41, 5.74) is 13.1. The summed E-state index contributed by atoms with van der Waals surface area (Å²) < 4.78 is 0. The molecule has 0 saturated carbocycles. The van der Waals surface area contributed by atoms with E-state index in [0.717, 1.165) is 5.56 Å². The lowest BCUT2D eigenvalue weighted by Crippen LogP contribution is -2.22. The highest BCUT2D eigenvalue weighted by Gasteiger charge is 2.15. The Morgan fingerprint density at radius 1 is 0.301 bits per heavy atom. The molecule has 0 unspecified atom stereocenters. The minimum absolute atomic E-state index is 0.133.